The molecule has 0 atom stereocenters. The fourth-order valence-corrected chi connectivity index (χ4v) is 72.6. The summed E-state index contributed by atoms with van der Waals surface area (Å²) in [6, 6.07) is 0. The zero-order valence-electron chi connectivity index (χ0n) is 9.34. The summed E-state index contributed by atoms with van der Waals surface area (Å²) in [6.45, 7) is 0. The van der Waals surface area contributed by atoms with E-state index in [0.717, 1.165) is 0 Å². The molecule has 0 saturated heterocycles. The Bertz CT molecular complexity index is 213. The van der Waals surface area contributed by atoms with Gasteiger partial charge in [0.05, 0.1) is 0 Å². The van der Waals surface area contributed by atoms with E-state index in [0.29, 0.717) is 0.779 Å². The fraction of sp³-hybridized carbons (Fsp3) is 0.875. The van der Waals surface area contributed by atoms with E-state index in [-0.39, 0.29) is 0 Å². The molecule has 0 saturated carbocycles. The minimum absolute atomic E-state index is 0.577. The average Bonchev–Trinajstić information content (AvgIpc) is 2.28. The summed E-state index contributed by atoms with van der Waals surface area (Å²) in [7, 11) is 3.81. The molecule has 1 heterocycles. The minimum atomic E-state index is -1.88. The van der Waals surface area contributed by atoms with Crippen LogP contribution in [0.4, 0.5) is 0 Å². The Morgan fingerprint density at radius 3 is 1.62 bits per heavy atom. The van der Waals surface area contributed by atoms with E-state index >= 15 is 0 Å². The third-order valence-corrected chi connectivity index (χ3v) is 59.3. The topological polar surface area (TPSA) is 12.4 Å². The third-order valence-electron chi connectivity index (χ3n) is 2.67. The van der Waals surface area contributed by atoms with Crippen molar-refractivity contribution in [1.82, 2.24) is 0 Å². The predicted octanol–water partition coefficient (Wildman–Crippen LogP) is 3.86. The summed E-state index contributed by atoms with van der Waals surface area (Å²) in [4.78, 5) is 15.3. The first-order valence-corrected chi connectivity index (χ1v) is 26.7. The van der Waals surface area contributed by atoms with E-state index in [1.54, 1.807) is 11.0 Å². The van der Waals surface area contributed by atoms with Crippen molar-refractivity contribution in [2.45, 2.75) is 30.4 Å². The number of nitrogens with zero attached hydrogens (tertiary/aromatic N) is 1. The Morgan fingerprint density at radius 1 is 1.00 bits per heavy atom. The van der Waals surface area contributed by atoms with Crippen LogP contribution in [0.5, 0.6) is 0 Å². The van der Waals surface area contributed by atoms with Gasteiger partial charge in [0.1, 0.15) is 0 Å². The fourth-order valence-electron chi connectivity index (χ4n) is 1.96. The van der Waals surface area contributed by atoms with Gasteiger partial charge in [-0.05, 0) is 0 Å². The Hall–Kier alpha value is 1.97. The second kappa shape index (κ2) is 4.09. The summed E-state index contributed by atoms with van der Waals surface area (Å²) in [5, 5.41) is 0. The van der Waals surface area contributed by atoms with Gasteiger partial charge in [0.15, 0.2) is 0 Å². The summed E-state index contributed by atoms with van der Waals surface area (Å²) >= 11 is -3.75. The molecule has 0 N–H and O–H groups in total. The molecule has 0 aromatic rings. The van der Waals surface area contributed by atoms with Crippen molar-refractivity contribution in [3.05, 3.63) is 0 Å². The first-order chi connectivity index (χ1) is 5.71. The standard InChI is InChI=1S/C2HNS2.6CH3.2Sn/c1-2-4-5-3-1;;;;;;;;/h1H;6*1H3;;. The van der Waals surface area contributed by atoms with Gasteiger partial charge in [-0.15, -0.1) is 0 Å². The Morgan fingerprint density at radius 2 is 1.46 bits per heavy atom. The van der Waals surface area contributed by atoms with Crippen molar-refractivity contribution in [1.29, 1.82) is 0 Å². The second-order valence-electron chi connectivity index (χ2n) is 5.63. The molecule has 1 aliphatic heterocycles. The van der Waals surface area contributed by atoms with Gasteiger partial charge in [-0.3, -0.25) is 0 Å². The molecular weight excluding hydrogens is 412 g/mol. The van der Waals surface area contributed by atoms with Crippen LogP contribution in [0.15, 0.2) is 4.40 Å². The second-order valence-corrected chi connectivity index (χ2v) is 44.1. The molecule has 5 heteroatoms. The molecule has 0 fully saturated rings. The van der Waals surface area contributed by atoms with Crippen molar-refractivity contribution < 1.29 is 0 Å². The first-order valence-electron chi connectivity index (χ1n) is 4.60. The SMILES string of the molecule is [CH3][Sn]([CH3])([CH3])[C]1([Sn]([CH3])([CH3])[CH3])C=NSS1. The number of hydrogen-bond donors (Lipinski definition) is 0. The van der Waals surface area contributed by atoms with Crippen molar-refractivity contribution in [3.63, 3.8) is 0 Å². The normalized spacial score (nSPS) is 22.3. The van der Waals surface area contributed by atoms with Crippen molar-refractivity contribution in [2.24, 2.45) is 4.40 Å². The Labute approximate surface area is 98.2 Å². The quantitative estimate of drug-likeness (QED) is 0.375. The van der Waals surface area contributed by atoms with E-state index < -0.39 is 36.8 Å². The zero-order valence-corrected chi connectivity index (χ0v) is 16.7. The average molecular weight is 431 g/mol. The predicted molar refractivity (Wildman–Crippen MR) is 73.1 cm³/mol. The van der Waals surface area contributed by atoms with Crippen LogP contribution >= 0.6 is 21.8 Å². The summed E-state index contributed by atoms with van der Waals surface area (Å²) in [5.74, 6) is 0. The molecule has 0 radical (unpaired) electrons. The molecule has 1 rings (SSSR count). The van der Waals surface area contributed by atoms with Gasteiger partial charge < -0.3 is 0 Å². The van der Waals surface area contributed by atoms with Crippen LogP contribution in [0.1, 0.15) is 0 Å². The molecule has 1 nitrogen and oxygen atoms in total. The maximum atomic E-state index is 4.43. The Kier molecular flexibility index (Phi) is 4.10. The van der Waals surface area contributed by atoms with Gasteiger partial charge >= 0.3 is 99.6 Å². The van der Waals surface area contributed by atoms with Gasteiger partial charge in [0.2, 0.25) is 0 Å². The van der Waals surface area contributed by atoms with Crippen LogP contribution in [0.3, 0.4) is 0 Å². The van der Waals surface area contributed by atoms with Crippen molar-refractivity contribution >= 4 is 64.7 Å². The van der Waals surface area contributed by atoms with E-state index in [1.165, 1.54) is 0 Å². The molecule has 0 aliphatic carbocycles. The third kappa shape index (κ3) is 2.38. The molecule has 1 aliphatic rings. The van der Waals surface area contributed by atoms with Crippen LogP contribution in [0, 0.1) is 0 Å². The molecule has 0 spiro atoms. The van der Waals surface area contributed by atoms with Crippen LogP contribution < -0.4 is 0 Å². The summed E-state index contributed by atoms with van der Waals surface area (Å²) < 4.78 is 5.01. The molecule has 0 aromatic heterocycles. The number of hydrogen-bond acceptors (Lipinski definition) is 3. The maximum absolute atomic E-state index is 4.43. The van der Waals surface area contributed by atoms with Crippen LogP contribution in [0.2, 0.25) is 29.6 Å². The molecule has 13 heavy (non-hydrogen) atoms. The molecule has 0 unspecified atom stereocenters. The molecule has 0 amide bonds. The van der Waals surface area contributed by atoms with Crippen LogP contribution in [-0.2, 0) is 0 Å². The van der Waals surface area contributed by atoms with E-state index in [4.69, 9.17) is 0 Å². The molecule has 76 valence electrons. The van der Waals surface area contributed by atoms with Gasteiger partial charge in [-0.25, -0.2) is 0 Å². The zero-order chi connectivity index (χ0) is 10.3. The Balaban J connectivity index is 3.11. The van der Waals surface area contributed by atoms with Gasteiger partial charge in [-0.1, -0.05) is 0 Å². The van der Waals surface area contributed by atoms with E-state index in [9.17, 15) is 0 Å². The van der Waals surface area contributed by atoms with Gasteiger partial charge in [-0.2, -0.15) is 0 Å². The van der Waals surface area contributed by atoms with Crippen LogP contribution in [-0.4, -0.2) is 43.7 Å². The van der Waals surface area contributed by atoms with E-state index in [1.807, 2.05) is 0 Å². The van der Waals surface area contributed by atoms with Crippen molar-refractivity contribution in [3.8, 4) is 0 Å². The number of rotatable bonds is 2. The van der Waals surface area contributed by atoms with Crippen LogP contribution in [0.25, 0.3) is 0 Å². The monoisotopic (exact) mass is 433 g/mol. The van der Waals surface area contributed by atoms with Gasteiger partial charge in [0.25, 0.3) is 0 Å². The summed E-state index contributed by atoms with van der Waals surface area (Å²) in [6.07, 6.45) is 2.33. The van der Waals surface area contributed by atoms with Gasteiger partial charge in [0, 0.05) is 0 Å². The molecule has 0 aromatic carbocycles. The van der Waals surface area contributed by atoms with E-state index in [2.05, 4.69) is 51.0 Å². The summed E-state index contributed by atoms with van der Waals surface area (Å²) in [5.41, 5.74) is 0. The first kappa shape index (κ1) is 13.0. The molecule has 0 bridgehead atoms. The molecular formula is C8H19NS2Sn2. The van der Waals surface area contributed by atoms with Crippen molar-refractivity contribution in [2.75, 3.05) is 0 Å².